The monoisotopic (exact) mass is 194 g/mol. The van der Waals surface area contributed by atoms with Gasteiger partial charge in [-0.1, -0.05) is 23.7 Å². The van der Waals surface area contributed by atoms with Crippen molar-refractivity contribution in [1.29, 1.82) is 0 Å². The molecule has 0 aliphatic rings. The lowest BCUT2D eigenvalue weighted by Gasteiger charge is -1.98. The van der Waals surface area contributed by atoms with Gasteiger partial charge in [-0.2, -0.15) is 0 Å². The van der Waals surface area contributed by atoms with Crippen LogP contribution in [0, 0.1) is 0 Å². The van der Waals surface area contributed by atoms with Crippen LogP contribution in [0.1, 0.15) is 0 Å². The van der Waals surface area contributed by atoms with Crippen LogP contribution in [0.15, 0.2) is 41.3 Å². The van der Waals surface area contributed by atoms with Crippen LogP contribution in [0.2, 0.25) is 5.02 Å². The summed E-state index contributed by atoms with van der Waals surface area (Å²) in [5.41, 5.74) is 0. The van der Waals surface area contributed by atoms with E-state index in [0.29, 0.717) is 0 Å². The molecule has 12 heavy (non-hydrogen) atoms. The first kappa shape index (κ1) is 7.96. The van der Waals surface area contributed by atoms with Gasteiger partial charge in [0, 0.05) is 9.92 Å². The second-order valence-corrected chi connectivity index (χ2v) is 3.63. The van der Waals surface area contributed by atoms with Gasteiger partial charge in [0.25, 0.3) is 0 Å². The maximum Gasteiger partial charge on any atom is 0.0412 e. The highest BCUT2D eigenvalue weighted by molar-refractivity contribution is 7.80. The zero-order valence-electron chi connectivity index (χ0n) is 6.29. The number of hydrogen-bond acceptors (Lipinski definition) is 1. The summed E-state index contributed by atoms with van der Waals surface area (Å²) >= 11 is 10.1. The molecule has 0 aliphatic carbocycles. The van der Waals surface area contributed by atoms with E-state index in [1.807, 2.05) is 36.4 Å². The molecule has 0 radical (unpaired) electrons. The molecule has 0 unspecified atom stereocenters. The van der Waals surface area contributed by atoms with Crippen molar-refractivity contribution in [2.45, 2.75) is 4.90 Å². The molecule has 2 rings (SSSR count). The van der Waals surface area contributed by atoms with E-state index in [4.69, 9.17) is 11.6 Å². The first-order valence-corrected chi connectivity index (χ1v) is 4.46. The summed E-state index contributed by atoms with van der Waals surface area (Å²) in [5, 5.41) is 3.09. The van der Waals surface area contributed by atoms with E-state index in [1.54, 1.807) is 0 Å². The average molecular weight is 195 g/mol. The molecule has 2 heteroatoms. The lowest BCUT2D eigenvalue weighted by Crippen LogP contribution is -1.72. The zero-order valence-corrected chi connectivity index (χ0v) is 7.94. The van der Waals surface area contributed by atoms with E-state index < -0.39 is 0 Å². The quantitative estimate of drug-likeness (QED) is 0.607. The molecule has 0 nitrogen and oxygen atoms in total. The van der Waals surface area contributed by atoms with E-state index in [9.17, 15) is 0 Å². The normalized spacial score (nSPS) is 10.5. The first-order chi connectivity index (χ1) is 5.75. The van der Waals surface area contributed by atoms with Crippen molar-refractivity contribution in [3.8, 4) is 0 Å². The van der Waals surface area contributed by atoms with Crippen molar-refractivity contribution >= 4 is 35.0 Å². The molecular weight excluding hydrogens is 188 g/mol. The Morgan fingerprint density at radius 2 is 1.67 bits per heavy atom. The summed E-state index contributed by atoms with van der Waals surface area (Å²) in [6.07, 6.45) is 0. The maximum atomic E-state index is 5.85. The lowest BCUT2D eigenvalue weighted by atomic mass is 10.1. The highest BCUT2D eigenvalue weighted by Gasteiger charge is 1.94. The number of rotatable bonds is 0. The van der Waals surface area contributed by atoms with Crippen LogP contribution in [0.5, 0.6) is 0 Å². The van der Waals surface area contributed by atoms with Crippen molar-refractivity contribution in [2.75, 3.05) is 0 Å². The minimum absolute atomic E-state index is 0.765. The van der Waals surface area contributed by atoms with E-state index in [2.05, 4.69) is 12.6 Å². The Kier molecular flexibility index (Phi) is 1.99. The zero-order chi connectivity index (χ0) is 8.55. The molecule has 0 N–H and O–H groups in total. The van der Waals surface area contributed by atoms with Gasteiger partial charge in [0.05, 0.1) is 0 Å². The van der Waals surface area contributed by atoms with Gasteiger partial charge in [-0.15, -0.1) is 12.6 Å². The summed E-state index contributed by atoms with van der Waals surface area (Å²) in [6.45, 7) is 0. The van der Waals surface area contributed by atoms with Gasteiger partial charge in [0.1, 0.15) is 0 Å². The highest BCUT2D eigenvalue weighted by atomic mass is 35.5. The van der Waals surface area contributed by atoms with Gasteiger partial charge in [-0.3, -0.25) is 0 Å². The van der Waals surface area contributed by atoms with Crippen molar-refractivity contribution < 1.29 is 0 Å². The third-order valence-corrected chi connectivity index (χ3v) is 2.30. The molecule has 0 aromatic heterocycles. The predicted molar refractivity (Wildman–Crippen MR) is 56.2 cm³/mol. The van der Waals surface area contributed by atoms with Crippen molar-refractivity contribution in [3.63, 3.8) is 0 Å². The largest absolute Gasteiger partial charge is 0.143 e. The first-order valence-electron chi connectivity index (χ1n) is 3.64. The Balaban J connectivity index is 2.80. The Morgan fingerprint density at radius 3 is 2.50 bits per heavy atom. The Bertz CT molecular complexity index is 386. The molecule has 0 atom stereocenters. The third-order valence-electron chi connectivity index (χ3n) is 1.79. The van der Waals surface area contributed by atoms with E-state index >= 15 is 0 Å². The van der Waals surface area contributed by atoms with Crippen LogP contribution in [-0.4, -0.2) is 0 Å². The van der Waals surface area contributed by atoms with Crippen LogP contribution in [-0.2, 0) is 0 Å². The topological polar surface area (TPSA) is 0 Å². The molecule has 0 saturated heterocycles. The minimum Gasteiger partial charge on any atom is -0.143 e. The second kappa shape index (κ2) is 3.00. The van der Waals surface area contributed by atoms with Crippen LogP contribution >= 0.6 is 24.2 Å². The summed E-state index contributed by atoms with van der Waals surface area (Å²) in [6, 6.07) is 11.8. The fourth-order valence-electron chi connectivity index (χ4n) is 1.20. The van der Waals surface area contributed by atoms with Crippen molar-refractivity contribution in [1.82, 2.24) is 0 Å². The van der Waals surface area contributed by atoms with Crippen LogP contribution in [0.3, 0.4) is 0 Å². The molecular formula is C10H7ClS. The van der Waals surface area contributed by atoms with E-state index in [0.717, 1.165) is 15.3 Å². The number of hydrogen-bond donors (Lipinski definition) is 1. The van der Waals surface area contributed by atoms with Crippen molar-refractivity contribution in [3.05, 3.63) is 41.4 Å². The Hall–Kier alpha value is -0.660. The smallest absolute Gasteiger partial charge is 0.0412 e. The SMILES string of the molecule is Sc1ccc2ccc(Cl)cc2c1. The predicted octanol–water partition coefficient (Wildman–Crippen LogP) is 3.78. The van der Waals surface area contributed by atoms with E-state index in [-0.39, 0.29) is 0 Å². The Morgan fingerprint density at radius 1 is 0.917 bits per heavy atom. The standard InChI is InChI=1S/C10H7ClS/c11-9-3-1-7-2-4-10(12)6-8(7)5-9/h1-6,12H. The van der Waals surface area contributed by atoms with Crippen LogP contribution in [0.25, 0.3) is 10.8 Å². The lowest BCUT2D eigenvalue weighted by molar-refractivity contribution is 1.53. The fraction of sp³-hybridized carbons (Fsp3) is 0. The number of halogens is 1. The van der Waals surface area contributed by atoms with E-state index in [1.165, 1.54) is 5.39 Å². The summed E-state index contributed by atoms with van der Waals surface area (Å²) in [7, 11) is 0. The molecule has 0 saturated carbocycles. The Labute approximate surface area is 81.6 Å². The van der Waals surface area contributed by atoms with Gasteiger partial charge in [-0.25, -0.2) is 0 Å². The molecule has 2 aromatic rings. The molecule has 2 aromatic carbocycles. The van der Waals surface area contributed by atoms with Gasteiger partial charge in [0.2, 0.25) is 0 Å². The molecule has 0 bridgehead atoms. The third kappa shape index (κ3) is 1.43. The molecule has 60 valence electrons. The number of fused-ring (bicyclic) bond motifs is 1. The van der Waals surface area contributed by atoms with Gasteiger partial charge in [0.15, 0.2) is 0 Å². The van der Waals surface area contributed by atoms with Crippen LogP contribution < -0.4 is 0 Å². The average Bonchev–Trinajstić information content (AvgIpc) is 2.03. The van der Waals surface area contributed by atoms with Gasteiger partial charge < -0.3 is 0 Å². The number of thiol groups is 1. The van der Waals surface area contributed by atoms with Crippen molar-refractivity contribution in [2.24, 2.45) is 0 Å². The molecule has 0 amide bonds. The van der Waals surface area contributed by atoms with Gasteiger partial charge >= 0.3 is 0 Å². The second-order valence-electron chi connectivity index (χ2n) is 2.68. The maximum absolute atomic E-state index is 5.85. The number of benzene rings is 2. The fourth-order valence-corrected chi connectivity index (χ4v) is 1.60. The summed E-state index contributed by atoms with van der Waals surface area (Å²) in [4.78, 5) is 0.963. The molecule has 0 heterocycles. The minimum atomic E-state index is 0.765. The molecule has 0 fully saturated rings. The summed E-state index contributed by atoms with van der Waals surface area (Å²) < 4.78 is 0. The summed E-state index contributed by atoms with van der Waals surface area (Å²) in [5.74, 6) is 0. The molecule has 0 spiro atoms. The van der Waals surface area contributed by atoms with Crippen LogP contribution in [0.4, 0.5) is 0 Å². The highest BCUT2D eigenvalue weighted by Crippen LogP contribution is 2.21. The molecule has 0 aliphatic heterocycles. The van der Waals surface area contributed by atoms with Gasteiger partial charge in [-0.05, 0) is 35.0 Å².